The Balaban J connectivity index is 1.72. The lowest BCUT2D eigenvalue weighted by atomic mass is 10.0. The summed E-state index contributed by atoms with van der Waals surface area (Å²) in [6.45, 7) is 1.80. The highest BCUT2D eigenvalue weighted by Crippen LogP contribution is 2.28. The van der Waals surface area contributed by atoms with Crippen molar-refractivity contribution in [2.45, 2.75) is 44.6 Å². The molecule has 1 heterocycles. The van der Waals surface area contributed by atoms with Crippen molar-refractivity contribution in [3.63, 3.8) is 0 Å². The molecule has 1 aliphatic carbocycles. The summed E-state index contributed by atoms with van der Waals surface area (Å²) in [6.07, 6.45) is 12.3. The van der Waals surface area contributed by atoms with Gasteiger partial charge < -0.3 is 15.5 Å². The van der Waals surface area contributed by atoms with Crippen molar-refractivity contribution in [1.29, 1.82) is 0 Å². The predicted molar refractivity (Wildman–Crippen MR) is 100 cm³/mol. The van der Waals surface area contributed by atoms with Crippen LogP contribution in [0.2, 0.25) is 0 Å². The minimum atomic E-state index is 0.274. The van der Waals surface area contributed by atoms with E-state index in [4.69, 9.17) is 0 Å². The molecule has 1 fully saturated rings. The number of nitrogens with zero attached hydrogens (tertiary/aromatic N) is 4. The number of guanidine groups is 1. The van der Waals surface area contributed by atoms with Gasteiger partial charge in [0.2, 0.25) is 0 Å². The van der Waals surface area contributed by atoms with Gasteiger partial charge in [-0.15, -0.1) is 0 Å². The summed E-state index contributed by atoms with van der Waals surface area (Å²) in [5, 5.41) is 11.2. The number of aliphatic imine (C=N–C) groups is 1. The van der Waals surface area contributed by atoms with Crippen LogP contribution in [0.25, 0.3) is 0 Å². The molecule has 6 heteroatoms. The second-order valence-electron chi connectivity index (χ2n) is 7.10. The SMILES string of the molecule is CN=C(NCCCC1CCCC1)NCC(c1cnn(C)c1)N(C)C. The molecule has 0 amide bonds. The Bertz CT molecular complexity index is 501. The molecule has 24 heavy (non-hydrogen) atoms. The highest BCUT2D eigenvalue weighted by atomic mass is 15.3. The van der Waals surface area contributed by atoms with Crippen molar-refractivity contribution in [2.75, 3.05) is 34.2 Å². The van der Waals surface area contributed by atoms with Crippen LogP contribution in [-0.2, 0) is 7.05 Å². The predicted octanol–water partition coefficient (Wildman–Crippen LogP) is 2.16. The van der Waals surface area contributed by atoms with Crippen LogP contribution in [0, 0.1) is 5.92 Å². The molecule has 1 aromatic heterocycles. The van der Waals surface area contributed by atoms with Crippen molar-refractivity contribution < 1.29 is 0 Å². The van der Waals surface area contributed by atoms with Crippen LogP contribution < -0.4 is 10.6 Å². The average Bonchev–Trinajstić information content (AvgIpc) is 3.21. The zero-order valence-corrected chi connectivity index (χ0v) is 15.8. The van der Waals surface area contributed by atoms with Gasteiger partial charge in [-0.2, -0.15) is 5.10 Å². The molecule has 0 radical (unpaired) electrons. The lowest BCUT2D eigenvalue weighted by Crippen LogP contribution is -2.42. The topological polar surface area (TPSA) is 57.5 Å². The van der Waals surface area contributed by atoms with E-state index >= 15 is 0 Å². The molecular formula is C18H34N6. The van der Waals surface area contributed by atoms with Gasteiger partial charge >= 0.3 is 0 Å². The van der Waals surface area contributed by atoms with Crippen molar-refractivity contribution >= 4 is 5.96 Å². The minimum absolute atomic E-state index is 0.274. The van der Waals surface area contributed by atoms with E-state index in [1.165, 1.54) is 44.1 Å². The first-order valence-electron chi connectivity index (χ1n) is 9.19. The minimum Gasteiger partial charge on any atom is -0.356 e. The van der Waals surface area contributed by atoms with Crippen LogP contribution in [-0.4, -0.2) is 54.9 Å². The van der Waals surface area contributed by atoms with Crippen LogP contribution in [0.3, 0.4) is 0 Å². The van der Waals surface area contributed by atoms with Crippen LogP contribution in [0.15, 0.2) is 17.4 Å². The van der Waals surface area contributed by atoms with E-state index in [2.05, 4.69) is 45.9 Å². The molecule has 0 saturated heterocycles. The number of rotatable bonds is 8. The lowest BCUT2D eigenvalue weighted by Gasteiger charge is -2.24. The molecule has 2 rings (SSSR count). The molecule has 1 saturated carbocycles. The fourth-order valence-electron chi connectivity index (χ4n) is 3.52. The van der Waals surface area contributed by atoms with E-state index in [1.54, 1.807) is 0 Å². The molecule has 0 spiro atoms. The fraction of sp³-hybridized carbons (Fsp3) is 0.778. The molecule has 1 aliphatic rings. The zero-order valence-electron chi connectivity index (χ0n) is 15.8. The second kappa shape index (κ2) is 9.67. The first-order chi connectivity index (χ1) is 11.6. The summed E-state index contributed by atoms with van der Waals surface area (Å²) in [4.78, 5) is 6.55. The highest BCUT2D eigenvalue weighted by molar-refractivity contribution is 5.79. The van der Waals surface area contributed by atoms with Gasteiger partial charge in [0.25, 0.3) is 0 Å². The third kappa shape index (κ3) is 5.82. The number of nitrogens with one attached hydrogen (secondary N) is 2. The number of aryl methyl sites for hydroxylation is 1. The van der Waals surface area contributed by atoms with Gasteiger partial charge in [-0.25, -0.2) is 0 Å². The third-order valence-corrected chi connectivity index (χ3v) is 4.98. The van der Waals surface area contributed by atoms with Gasteiger partial charge in [-0.1, -0.05) is 25.7 Å². The van der Waals surface area contributed by atoms with Crippen molar-refractivity contribution in [3.8, 4) is 0 Å². The smallest absolute Gasteiger partial charge is 0.191 e. The molecule has 0 aromatic carbocycles. The molecule has 0 bridgehead atoms. The Morgan fingerprint density at radius 2 is 2.12 bits per heavy atom. The van der Waals surface area contributed by atoms with Gasteiger partial charge in [0, 0.05) is 38.9 Å². The summed E-state index contributed by atoms with van der Waals surface area (Å²) >= 11 is 0. The molecule has 0 aliphatic heterocycles. The van der Waals surface area contributed by atoms with Gasteiger partial charge in [-0.05, 0) is 32.9 Å². The molecular weight excluding hydrogens is 300 g/mol. The summed E-state index contributed by atoms with van der Waals surface area (Å²) in [5.74, 6) is 1.85. The van der Waals surface area contributed by atoms with Gasteiger partial charge in [0.05, 0.1) is 12.2 Å². The second-order valence-corrected chi connectivity index (χ2v) is 7.10. The number of aromatic nitrogens is 2. The zero-order chi connectivity index (χ0) is 17.4. The van der Waals surface area contributed by atoms with Crippen LogP contribution >= 0.6 is 0 Å². The molecule has 2 N–H and O–H groups in total. The molecule has 1 atom stereocenters. The standard InChI is InChI=1S/C18H34N6/c1-19-18(20-11-7-10-15-8-5-6-9-15)21-13-17(23(2)3)16-12-22-24(4)14-16/h12,14-15,17H,5-11,13H2,1-4H3,(H2,19,20,21). The van der Waals surface area contributed by atoms with Gasteiger partial charge in [0.15, 0.2) is 5.96 Å². The van der Waals surface area contributed by atoms with Crippen molar-refractivity contribution in [3.05, 3.63) is 18.0 Å². The summed E-state index contributed by atoms with van der Waals surface area (Å²) < 4.78 is 1.85. The Morgan fingerprint density at radius 1 is 1.38 bits per heavy atom. The van der Waals surface area contributed by atoms with Crippen LogP contribution in [0.1, 0.15) is 50.1 Å². The maximum atomic E-state index is 4.34. The van der Waals surface area contributed by atoms with Gasteiger partial charge in [-0.3, -0.25) is 9.67 Å². The van der Waals surface area contributed by atoms with E-state index in [9.17, 15) is 0 Å². The summed E-state index contributed by atoms with van der Waals surface area (Å²) in [7, 11) is 7.98. The van der Waals surface area contributed by atoms with E-state index in [1.807, 2.05) is 25.0 Å². The fourth-order valence-corrected chi connectivity index (χ4v) is 3.52. The number of hydrogen-bond donors (Lipinski definition) is 2. The Morgan fingerprint density at radius 3 is 2.71 bits per heavy atom. The van der Waals surface area contributed by atoms with Crippen LogP contribution in [0.5, 0.6) is 0 Å². The van der Waals surface area contributed by atoms with E-state index in [0.717, 1.165) is 25.0 Å². The number of likely N-dealkylation sites (N-methyl/N-ethyl adjacent to an activating group) is 1. The Hall–Kier alpha value is -1.56. The third-order valence-electron chi connectivity index (χ3n) is 4.98. The first kappa shape index (κ1) is 18.8. The lowest BCUT2D eigenvalue weighted by molar-refractivity contribution is 0.298. The Labute approximate surface area is 146 Å². The molecule has 1 aromatic rings. The van der Waals surface area contributed by atoms with E-state index in [0.29, 0.717) is 0 Å². The first-order valence-corrected chi connectivity index (χ1v) is 9.19. The molecule has 136 valence electrons. The summed E-state index contributed by atoms with van der Waals surface area (Å²) in [5.41, 5.74) is 1.21. The normalized spacial score (nSPS) is 17.5. The van der Waals surface area contributed by atoms with Crippen molar-refractivity contribution in [1.82, 2.24) is 25.3 Å². The molecule has 1 unspecified atom stereocenters. The monoisotopic (exact) mass is 334 g/mol. The highest BCUT2D eigenvalue weighted by Gasteiger charge is 2.17. The maximum absolute atomic E-state index is 4.34. The largest absolute Gasteiger partial charge is 0.356 e. The maximum Gasteiger partial charge on any atom is 0.191 e. The Kier molecular flexibility index (Phi) is 7.56. The number of hydrogen-bond acceptors (Lipinski definition) is 3. The van der Waals surface area contributed by atoms with Crippen molar-refractivity contribution in [2.24, 2.45) is 18.0 Å². The summed E-state index contributed by atoms with van der Waals surface area (Å²) in [6, 6.07) is 0.274. The van der Waals surface area contributed by atoms with Crippen LogP contribution in [0.4, 0.5) is 0 Å². The van der Waals surface area contributed by atoms with E-state index < -0.39 is 0 Å². The average molecular weight is 335 g/mol. The molecule has 6 nitrogen and oxygen atoms in total. The quantitative estimate of drug-likeness (QED) is 0.434. The van der Waals surface area contributed by atoms with E-state index in [-0.39, 0.29) is 6.04 Å². The van der Waals surface area contributed by atoms with Gasteiger partial charge in [0.1, 0.15) is 0 Å².